The molecule has 0 saturated heterocycles. The van der Waals surface area contributed by atoms with Crippen molar-refractivity contribution in [3.8, 4) is 0 Å². The Morgan fingerprint density at radius 1 is 1.24 bits per heavy atom. The first kappa shape index (κ1) is 12.6. The summed E-state index contributed by atoms with van der Waals surface area (Å²) in [5.41, 5.74) is 10.1. The molecule has 1 atom stereocenters. The average Bonchev–Trinajstić information content (AvgIpc) is 2.80. The number of hydrogen-bond donors (Lipinski definition) is 2. The van der Waals surface area contributed by atoms with Gasteiger partial charge in [0.05, 0.1) is 0 Å². The Morgan fingerprint density at radius 2 is 1.82 bits per heavy atom. The van der Waals surface area contributed by atoms with Gasteiger partial charge in [-0.1, -0.05) is 31.0 Å². The molecule has 2 rings (SSSR count). The predicted octanol–water partition coefficient (Wildman–Crippen LogP) is 2.84. The summed E-state index contributed by atoms with van der Waals surface area (Å²) in [5, 5.41) is 3.74. The van der Waals surface area contributed by atoms with Crippen LogP contribution in [0.25, 0.3) is 0 Å². The number of aryl methyl sites for hydroxylation is 2. The molecule has 17 heavy (non-hydrogen) atoms. The zero-order valence-corrected chi connectivity index (χ0v) is 11.0. The molecular formula is C15H24N2. The van der Waals surface area contributed by atoms with Gasteiger partial charge in [-0.2, -0.15) is 0 Å². The van der Waals surface area contributed by atoms with E-state index < -0.39 is 0 Å². The fourth-order valence-corrected chi connectivity index (χ4v) is 3.02. The second-order valence-corrected chi connectivity index (χ2v) is 5.24. The summed E-state index contributed by atoms with van der Waals surface area (Å²) in [4.78, 5) is 0. The second-order valence-electron chi connectivity index (χ2n) is 5.24. The maximum Gasteiger partial charge on any atom is 0.0451 e. The van der Waals surface area contributed by atoms with Gasteiger partial charge < -0.3 is 11.1 Å². The molecule has 0 bridgehead atoms. The summed E-state index contributed by atoms with van der Waals surface area (Å²) < 4.78 is 0. The van der Waals surface area contributed by atoms with Crippen molar-refractivity contribution in [2.45, 2.75) is 51.6 Å². The standard InChI is InChI=1S/C15H24N2/c1-11-6-5-7-12(2)15(11)14(10-16)17-13-8-3-4-9-13/h5-7,13-14,17H,3-4,8-10,16H2,1-2H3. The number of nitrogens with two attached hydrogens (primary N) is 1. The topological polar surface area (TPSA) is 38.0 Å². The smallest absolute Gasteiger partial charge is 0.0451 e. The molecule has 2 heteroatoms. The quantitative estimate of drug-likeness (QED) is 0.837. The Hall–Kier alpha value is -0.860. The van der Waals surface area contributed by atoms with E-state index in [0.717, 1.165) is 0 Å². The van der Waals surface area contributed by atoms with Crippen molar-refractivity contribution in [1.29, 1.82) is 0 Å². The van der Waals surface area contributed by atoms with Crippen LogP contribution in [-0.2, 0) is 0 Å². The third-order valence-electron chi connectivity index (χ3n) is 3.92. The van der Waals surface area contributed by atoms with Crippen LogP contribution in [0, 0.1) is 13.8 Å². The lowest BCUT2D eigenvalue weighted by Crippen LogP contribution is -2.35. The van der Waals surface area contributed by atoms with Gasteiger partial charge in [0.15, 0.2) is 0 Å². The fraction of sp³-hybridized carbons (Fsp3) is 0.600. The zero-order chi connectivity index (χ0) is 12.3. The van der Waals surface area contributed by atoms with Gasteiger partial charge in [0.2, 0.25) is 0 Å². The van der Waals surface area contributed by atoms with Crippen LogP contribution in [0.1, 0.15) is 48.4 Å². The molecule has 1 aromatic rings. The van der Waals surface area contributed by atoms with Gasteiger partial charge in [-0.25, -0.2) is 0 Å². The maximum atomic E-state index is 5.96. The van der Waals surface area contributed by atoms with E-state index in [2.05, 4.69) is 37.4 Å². The van der Waals surface area contributed by atoms with Gasteiger partial charge >= 0.3 is 0 Å². The van der Waals surface area contributed by atoms with Crippen molar-refractivity contribution in [2.24, 2.45) is 5.73 Å². The maximum absolute atomic E-state index is 5.96. The van der Waals surface area contributed by atoms with Gasteiger partial charge in [-0.15, -0.1) is 0 Å². The van der Waals surface area contributed by atoms with E-state index >= 15 is 0 Å². The Labute approximate surface area is 105 Å². The first-order valence-corrected chi connectivity index (χ1v) is 6.74. The van der Waals surface area contributed by atoms with Gasteiger partial charge in [0.1, 0.15) is 0 Å². The fourth-order valence-electron chi connectivity index (χ4n) is 3.02. The third-order valence-corrected chi connectivity index (χ3v) is 3.92. The van der Waals surface area contributed by atoms with Crippen LogP contribution in [0.4, 0.5) is 0 Å². The normalized spacial score (nSPS) is 18.5. The van der Waals surface area contributed by atoms with Crippen LogP contribution >= 0.6 is 0 Å². The molecule has 94 valence electrons. The SMILES string of the molecule is Cc1cccc(C)c1C(CN)NC1CCCC1. The predicted molar refractivity (Wildman–Crippen MR) is 73.1 cm³/mol. The number of benzene rings is 1. The molecule has 3 N–H and O–H groups in total. The molecule has 1 aliphatic rings. The van der Waals surface area contributed by atoms with E-state index in [1.807, 2.05) is 0 Å². The largest absolute Gasteiger partial charge is 0.329 e. The highest BCUT2D eigenvalue weighted by Gasteiger charge is 2.21. The molecule has 0 radical (unpaired) electrons. The van der Waals surface area contributed by atoms with E-state index in [4.69, 9.17) is 5.73 Å². The first-order chi connectivity index (χ1) is 8.22. The Bertz CT molecular complexity index is 347. The van der Waals surface area contributed by atoms with Crippen molar-refractivity contribution >= 4 is 0 Å². The van der Waals surface area contributed by atoms with Crippen molar-refractivity contribution in [2.75, 3.05) is 6.54 Å². The Balaban J connectivity index is 2.16. The van der Waals surface area contributed by atoms with Gasteiger partial charge in [-0.05, 0) is 43.4 Å². The summed E-state index contributed by atoms with van der Waals surface area (Å²) in [5.74, 6) is 0. The van der Waals surface area contributed by atoms with Crippen molar-refractivity contribution in [3.05, 3.63) is 34.9 Å². The van der Waals surface area contributed by atoms with E-state index in [0.29, 0.717) is 18.6 Å². The van der Waals surface area contributed by atoms with Crippen LogP contribution in [0.3, 0.4) is 0 Å². The summed E-state index contributed by atoms with van der Waals surface area (Å²) in [7, 11) is 0. The summed E-state index contributed by atoms with van der Waals surface area (Å²) >= 11 is 0. The van der Waals surface area contributed by atoms with Crippen molar-refractivity contribution in [1.82, 2.24) is 5.32 Å². The molecule has 2 nitrogen and oxygen atoms in total. The molecule has 1 fully saturated rings. The molecular weight excluding hydrogens is 208 g/mol. The molecule has 1 saturated carbocycles. The van der Waals surface area contributed by atoms with Gasteiger partial charge in [-0.3, -0.25) is 0 Å². The van der Waals surface area contributed by atoms with E-state index in [1.54, 1.807) is 0 Å². The lowest BCUT2D eigenvalue weighted by Gasteiger charge is -2.25. The van der Waals surface area contributed by atoms with Crippen molar-refractivity contribution in [3.63, 3.8) is 0 Å². The molecule has 0 spiro atoms. The summed E-state index contributed by atoms with van der Waals surface area (Å²) in [6.45, 7) is 5.05. The van der Waals surface area contributed by atoms with Crippen LogP contribution in [0.15, 0.2) is 18.2 Å². The Kier molecular flexibility index (Phi) is 4.19. The zero-order valence-electron chi connectivity index (χ0n) is 11.0. The van der Waals surface area contributed by atoms with Gasteiger partial charge in [0.25, 0.3) is 0 Å². The molecule has 1 aliphatic carbocycles. The van der Waals surface area contributed by atoms with E-state index in [1.165, 1.54) is 42.4 Å². The molecule has 1 unspecified atom stereocenters. The first-order valence-electron chi connectivity index (χ1n) is 6.74. The monoisotopic (exact) mass is 232 g/mol. The van der Waals surface area contributed by atoms with Crippen LogP contribution in [0.2, 0.25) is 0 Å². The molecule has 0 amide bonds. The summed E-state index contributed by atoms with van der Waals surface area (Å²) in [6, 6.07) is 7.47. The minimum atomic E-state index is 0.319. The minimum absolute atomic E-state index is 0.319. The highest BCUT2D eigenvalue weighted by Crippen LogP contribution is 2.25. The molecule has 1 aromatic carbocycles. The highest BCUT2D eigenvalue weighted by molar-refractivity contribution is 5.36. The Morgan fingerprint density at radius 3 is 2.35 bits per heavy atom. The lowest BCUT2D eigenvalue weighted by molar-refractivity contribution is 0.442. The number of rotatable bonds is 4. The number of hydrogen-bond acceptors (Lipinski definition) is 2. The molecule has 0 aromatic heterocycles. The lowest BCUT2D eigenvalue weighted by atomic mass is 9.95. The van der Waals surface area contributed by atoms with Crippen LogP contribution < -0.4 is 11.1 Å². The average molecular weight is 232 g/mol. The minimum Gasteiger partial charge on any atom is -0.329 e. The van der Waals surface area contributed by atoms with Crippen molar-refractivity contribution < 1.29 is 0 Å². The third kappa shape index (κ3) is 2.88. The van der Waals surface area contributed by atoms with E-state index in [9.17, 15) is 0 Å². The van der Waals surface area contributed by atoms with Crippen LogP contribution in [0.5, 0.6) is 0 Å². The number of nitrogens with one attached hydrogen (secondary N) is 1. The molecule has 0 aliphatic heterocycles. The van der Waals surface area contributed by atoms with E-state index in [-0.39, 0.29) is 0 Å². The molecule has 0 heterocycles. The summed E-state index contributed by atoms with van der Waals surface area (Å²) in [6.07, 6.45) is 5.34. The highest BCUT2D eigenvalue weighted by atomic mass is 15.0. The second kappa shape index (κ2) is 5.65. The van der Waals surface area contributed by atoms with Crippen LogP contribution in [-0.4, -0.2) is 12.6 Å². The van der Waals surface area contributed by atoms with Gasteiger partial charge in [0, 0.05) is 18.6 Å².